The molecular weight excluding hydrogens is 318 g/mol. The molecule has 1 atom stereocenters. The average molecular weight is 341 g/mol. The van der Waals surface area contributed by atoms with Crippen molar-refractivity contribution in [3.8, 4) is 11.3 Å². The van der Waals surface area contributed by atoms with Crippen molar-refractivity contribution in [2.45, 2.75) is 31.7 Å². The number of carbonyl (C=O) groups excluding carboxylic acids is 1. The topological polar surface area (TPSA) is 36.4 Å². The molecule has 1 aliphatic carbocycles. The molecule has 1 aromatic heterocycles. The molecule has 1 aromatic carbocycles. The van der Waals surface area contributed by atoms with Gasteiger partial charge in [0.2, 0.25) is 5.91 Å². The van der Waals surface area contributed by atoms with Gasteiger partial charge in [0.15, 0.2) is 5.13 Å². The van der Waals surface area contributed by atoms with Gasteiger partial charge in [-0.3, -0.25) is 4.79 Å². The third-order valence-electron chi connectivity index (χ3n) is 5.05. The molecule has 0 bridgehead atoms. The van der Waals surface area contributed by atoms with Crippen molar-refractivity contribution < 1.29 is 4.79 Å². The summed E-state index contributed by atoms with van der Waals surface area (Å²) in [5.74, 6) is 0.640. The molecule has 5 heteroatoms. The minimum absolute atomic E-state index is 0.301. The molecule has 126 valence electrons. The molecule has 0 radical (unpaired) electrons. The van der Waals surface area contributed by atoms with Crippen molar-refractivity contribution in [2.75, 3.05) is 25.0 Å². The molecule has 1 saturated carbocycles. The molecular formula is C19H23N3OS. The summed E-state index contributed by atoms with van der Waals surface area (Å²) in [5, 5.41) is 3.21. The number of aromatic nitrogens is 1. The van der Waals surface area contributed by atoms with Crippen molar-refractivity contribution in [1.82, 2.24) is 9.88 Å². The molecule has 2 heterocycles. The van der Waals surface area contributed by atoms with E-state index in [1.807, 2.05) is 30.1 Å². The van der Waals surface area contributed by atoms with E-state index in [2.05, 4.69) is 22.4 Å². The average Bonchev–Trinajstić information content (AvgIpc) is 3.37. The smallest absolute Gasteiger partial charge is 0.225 e. The summed E-state index contributed by atoms with van der Waals surface area (Å²) in [5.41, 5.74) is 2.20. The maximum atomic E-state index is 12.3. The van der Waals surface area contributed by atoms with Gasteiger partial charge in [0.25, 0.3) is 0 Å². The van der Waals surface area contributed by atoms with Crippen LogP contribution in [0.5, 0.6) is 0 Å². The Morgan fingerprint density at radius 3 is 2.79 bits per heavy atom. The van der Waals surface area contributed by atoms with Crippen LogP contribution in [0.3, 0.4) is 0 Å². The first-order valence-corrected chi connectivity index (χ1v) is 9.63. The zero-order chi connectivity index (χ0) is 16.5. The SMILES string of the molecule is CN(C(=O)C1CC1)C1CCCN(c2nc(-c3ccccc3)cs2)C1. The molecule has 1 aliphatic heterocycles. The molecule has 1 unspecified atom stereocenters. The minimum Gasteiger partial charge on any atom is -0.346 e. The Bertz CT molecular complexity index is 710. The first-order valence-electron chi connectivity index (χ1n) is 8.75. The Morgan fingerprint density at radius 2 is 2.04 bits per heavy atom. The Kier molecular flexibility index (Phi) is 4.27. The molecule has 4 rings (SSSR count). The van der Waals surface area contributed by atoms with Crippen LogP contribution in [0.4, 0.5) is 5.13 Å². The zero-order valence-corrected chi connectivity index (χ0v) is 14.8. The van der Waals surface area contributed by atoms with E-state index in [0.717, 1.165) is 55.2 Å². The van der Waals surface area contributed by atoms with E-state index in [1.54, 1.807) is 11.3 Å². The summed E-state index contributed by atoms with van der Waals surface area (Å²) in [6.45, 7) is 1.93. The highest BCUT2D eigenvalue weighted by Gasteiger charge is 2.36. The van der Waals surface area contributed by atoms with Gasteiger partial charge in [0.05, 0.1) is 5.69 Å². The number of thiazole rings is 1. The number of hydrogen-bond acceptors (Lipinski definition) is 4. The van der Waals surface area contributed by atoms with Crippen LogP contribution in [0.15, 0.2) is 35.7 Å². The van der Waals surface area contributed by atoms with Crippen LogP contribution in [0.25, 0.3) is 11.3 Å². The van der Waals surface area contributed by atoms with E-state index >= 15 is 0 Å². The van der Waals surface area contributed by atoms with Crippen LogP contribution in [-0.2, 0) is 4.79 Å². The maximum absolute atomic E-state index is 12.3. The lowest BCUT2D eigenvalue weighted by atomic mass is 10.0. The van der Waals surface area contributed by atoms with Gasteiger partial charge in [-0.2, -0.15) is 0 Å². The number of benzene rings is 1. The van der Waals surface area contributed by atoms with Crippen molar-refractivity contribution >= 4 is 22.4 Å². The first kappa shape index (κ1) is 15.6. The standard InChI is InChI=1S/C19H23N3OS/c1-21(18(23)15-9-10-15)16-8-5-11-22(12-16)19-20-17(13-24-19)14-6-3-2-4-7-14/h2-4,6-7,13,15-16H,5,8-12H2,1H3. The monoisotopic (exact) mass is 341 g/mol. The van der Waals surface area contributed by atoms with Gasteiger partial charge in [0, 0.05) is 43.0 Å². The van der Waals surface area contributed by atoms with Crippen LogP contribution < -0.4 is 4.90 Å². The quantitative estimate of drug-likeness (QED) is 0.852. The highest BCUT2D eigenvalue weighted by Crippen LogP contribution is 2.33. The van der Waals surface area contributed by atoms with Crippen molar-refractivity contribution in [1.29, 1.82) is 0 Å². The number of rotatable bonds is 4. The number of amides is 1. The van der Waals surface area contributed by atoms with Crippen LogP contribution in [0.2, 0.25) is 0 Å². The summed E-state index contributed by atoms with van der Waals surface area (Å²) in [4.78, 5) is 21.5. The van der Waals surface area contributed by atoms with Crippen LogP contribution >= 0.6 is 11.3 Å². The van der Waals surface area contributed by atoms with E-state index in [4.69, 9.17) is 4.98 Å². The second-order valence-corrected chi connectivity index (χ2v) is 7.68. The zero-order valence-electron chi connectivity index (χ0n) is 14.0. The molecule has 0 N–H and O–H groups in total. The third-order valence-corrected chi connectivity index (χ3v) is 5.95. The number of anilines is 1. The summed E-state index contributed by atoms with van der Waals surface area (Å²) in [6, 6.07) is 10.6. The van der Waals surface area contributed by atoms with E-state index in [1.165, 1.54) is 0 Å². The fourth-order valence-corrected chi connectivity index (χ4v) is 4.27. The first-order chi connectivity index (χ1) is 11.7. The van der Waals surface area contributed by atoms with Crippen LogP contribution in [-0.4, -0.2) is 42.0 Å². The number of likely N-dealkylation sites (N-methyl/N-ethyl adjacent to an activating group) is 1. The lowest BCUT2D eigenvalue weighted by molar-refractivity contribution is -0.133. The second kappa shape index (κ2) is 6.55. The van der Waals surface area contributed by atoms with Gasteiger partial charge < -0.3 is 9.80 Å². The third kappa shape index (κ3) is 3.18. The number of carbonyl (C=O) groups is 1. The lowest BCUT2D eigenvalue weighted by Gasteiger charge is -2.37. The van der Waals surface area contributed by atoms with E-state index < -0.39 is 0 Å². The molecule has 1 amide bonds. The van der Waals surface area contributed by atoms with Gasteiger partial charge in [-0.25, -0.2) is 4.98 Å². The summed E-state index contributed by atoms with van der Waals surface area (Å²) in [7, 11) is 1.98. The lowest BCUT2D eigenvalue weighted by Crippen LogP contribution is -2.49. The molecule has 2 fully saturated rings. The second-order valence-electron chi connectivity index (χ2n) is 6.85. The Morgan fingerprint density at radius 1 is 1.25 bits per heavy atom. The van der Waals surface area contributed by atoms with Crippen LogP contribution in [0.1, 0.15) is 25.7 Å². The number of hydrogen-bond donors (Lipinski definition) is 0. The van der Waals surface area contributed by atoms with Crippen molar-refractivity contribution in [2.24, 2.45) is 5.92 Å². The molecule has 24 heavy (non-hydrogen) atoms. The molecule has 2 aliphatic rings. The van der Waals surface area contributed by atoms with Crippen LogP contribution in [0, 0.1) is 5.92 Å². The molecule has 0 spiro atoms. The van der Waals surface area contributed by atoms with Gasteiger partial charge >= 0.3 is 0 Å². The Hall–Kier alpha value is -1.88. The van der Waals surface area contributed by atoms with Gasteiger partial charge in [-0.15, -0.1) is 11.3 Å². The summed E-state index contributed by atoms with van der Waals surface area (Å²) in [6.07, 6.45) is 4.37. The predicted octanol–water partition coefficient (Wildman–Crippen LogP) is 3.65. The molecule has 4 nitrogen and oxygen atoms in total. The van der Waals surface area contributed by atoms with E-state index in [0.29, 0.717) is 17.9 Å². The normalized spacial score (nSPS) is 20.9. The fraction of sp³-hybridized carbons (Fsp3) is 0.474. The number of nitrogens with zero attached hydrogens (tertiary/aromatic N) is 3. The summed E-state index contributed by atoms with van der Waals surface area (Å²) >= 11 is 1.70. The highest BCUT2D eigenvalue weighted by atomic mass is 32.1. The van der Waals surface area contributed by atoms with Crippen molar-refractivity contribution in [3.63, 3.8) is 0 Å². The van der Waals surface area contributed by atoms with Gasteiger partial charge in [-0.05, 0) is 25.7 Å². The predicted molar refractivity (Wildman–Crippen MR) is 98.3 cm³/mol. The Labute approximate surface area is 147 Å². The highest BCUT2D eigenvalue weighted by molar-refractivity contribution is 7.14. The summed E-state index contributed by atoms with van der Waals surface area (Å²) < 4.78 is 0. The van der Waals surface area contributed by atoms with Gasteiger partial charge in [0.1, 0.15) is 0 Å². The molecule has 1 saturated heterocycles. The van der Waals surface area contributed by atoms with Crippen molar-refractivity contribution in [3.05, 3.63) is 35.7 Å². The molecule has 2 aromatic rings. The Balaban J connectivity index is 1.46. The van der Waals surface area contributed by atoms with E-state index in [9.17, 15) is 4.79 Å². The number of piperidine rings is 1. The fourth-order valence-electron chi connectivity index (χ4n) is 3.39. The van der Waals surface area contributed by atoms with Gasteiger partial charge in [-0.1, -0.05) is 30.3 Å². The largest absolute Gasteiger partial charge is 0.346 e. The minimum atomic E-state index is 0.301. The van der Waals surface area contributed by atoms with E-state index in [-0.39, 0.29) is 0 Å². The maximum Gasteiger partial charge on any atom is 0.225 e.